The second kappa shape index (κ2) is 6.45. The van der Waals surface area contributed by atoms with Gasteiger partial charge in [0, 0.05) is 31.9 Å². The molecule has 0 atom stereocenters. The van der Waals surface area contributed by atoms with Crippen molar-refractivity contribution >= 4 is 31.5 Å². The van der Waals surface area contributed by atoms with E-state index in [1.165, 1.54) is 0 Å². The van der Waals surface area contributed by atoms with Gasteiger partial charge in [0.1, 0.15) is 0 Å². The molecule has 0 aliphatic heterocycles. The predicted molar refractivity (Wildman–Crippen MR) is 114 cm³/mol. The van der Waals surface area contributed by atoms with Gasteiger partial charge in [0.25, 0.3) is 0 Å². The van der Waals surface area contributed by atoms with Crippen LogP contribution in [0.5, 0.6) is 0 Å². The van der Waals surface area contributed by atoms with Crippen LogP contribution in [0.25, 0.3) is 42.6 Å². The molecule has 5 rings (SSSR count). The number of aromatic nitrogens is 1. The second-order valence-electron chi connectivity index (χ2n) is 6.40. The van der Waals surface area contributed by atoms with Crippen LogP contribution >= 0.6 is 11.3 Å². The topological polar surface area (TPSA) is 30.0 Å². The lowest BCUT2D eigenvalue weighted by atomic mass is 9.96. The van der Waals surface area contributed by atoms with E-state index in [0.717, 1.165) is 42.6 Å². The number of nitrogens with zero attached hydrogens (tertiary/aromatic N) is 1. The quantitative estimate of drug-likeness (QED) is 0.352. The third-order valence-corrected chi connectivity index (χ3v) is 5.91. The number of rotatable bonds is 2. The Labute approximate surface area is 160 Å². The summed E-state index contributed by atoms with van der Waals surface area (Å²) in [6.45, 7) is 0. The Morgan fingerprint density at radius 1 is 0.667 bits per heavy atom. The summed E-state index contributed by atoms with van der Waals surface area (Å²) in [5.41, 5.74) is 4.20. The van der Waals surface area contributed by atoms with E-state index in [1.54, 1.807) is 17.5 Å². The first-order valence-corrected chi connectivity index (χ1v) is 9.59. The lowest BCUT2D eigenvalue weighted by Crippen LogP contribution is -2.01. The summed E-state index contributed by atoms with van der Waals surface area (Å²) in [4.78, 5) is 17.5. The third-order valence-electron chi connectivity index (χ3n) is 4.75. The molecule has 2 aromatic heterocycles. The summed E-state index contributed by atoms with van der Waals surface area (Å²) in [5, 5.41) is 1.55. The minimum atomic E-state index is 0.0940. The standard InChI is InChI=1S/C24H15NOS/c26-24-19-9-3-4-11-22(19)27-23-13-12-16(15-20(23)24)17-7-1-2-8-18(17)21-10-5-6-14-25-21/h1-15H. The summed E-state index contributed by atoms with van der Waals surface area (Å²) >= 11 is 1.66. The predicted octanol–water partition coefficient (Wildman–Crippen LogP) is 6.14. The van der Waals surface area contributed by atoms with E-state index in [-0.39, 0.29) is 5.43 Å². The molecule has 0 N–H and O–H groups in total. The molecule has 0 aliphatic rings. The van der Waals surface area contributed by atoms with Gasteiger partial charge in [0.05, 0.1) is 5.69 Å². The minimum absolute atomic E-state index is 0.0940. The molecule has 3 aromatic carbocycles. The molecule has 0 amide bonds. The molecule has 3 heteroatoms. The Hall–Kier alpha value is -3.30. The Balaban J connectivity index is 1.77. The van der Waals surface area contributed by atoms with Crippen LogP contribution in [0.1, 0.15) is 0 Å². The summed E-state index contributed by atoms with van der Waals surface area (Å²) in [6.07, 6.45) is 1.80. The van der Waals surface area contributed by atoms with Crippen LogP contribution in [0.3, 0.4) is 0 Å². The van der Waals surface area contributed by atoms with Gasteiger partial charge < -0.3 is 0 Å². The smallest absolute Gasteiger partial charge is 0.195 e. The van der Waals surface area contributed by atoms with Gasteiger partial charge >= 0.3 is 0 Å². The Morgan fingerprint density at radius 3 is 2.26 bits per heavy atom. The van der Waals surface area contributed by atoms with E-state index < -0.39 is 0 Å². The van der Waals surface area contributed by atoms with Gasteiger partial charge in [-0.05, 0) is 47.5 Å². The van der Waals surface area contributed by atoms with Crippen LogP contribution in [0.2, 0.25) is 0 Å². The SMILES string of the molecule is O=c1c2ccccc2sc2ccc(-c3ccccc3-c3ccccn3)cc12. The second-order valence-corrected chi connectivity index (χ2v) is 7.48. The van der Waals surface area contributed by atoms with E-state index in [9.17, 15) is 4.79 Å². The fourth-order valence-corrected chi connectivity index (χ4v) is 4.50. The fraction of sp³-hybridized carbons (Fsp3) is 0. The highest BCUT2D eigenvalue weighted by molar-refractivity contribution is 7.24. The summed E-state index contributed by atoms with van der Waals surface area (Å²) in [6, 6.07) is 28.1. The Morgan fingerprint density at radius 2 is 1.41 bits per heavy atom. The Bertz CT molecular complexity index is 1340. The number of hydrogen-bond acceptors (Lipinski definition) is 3. The molecule has 0 saturated heterocycles. The number of benzene rings is 3. The number of fused-ring (bicyclic) bond motifs is 2. The summed E-state index contributed by atoms with van der Waals surface area (Å²) in [5.74, 6) is 0. The van der Waals surface area contributed by atoms with Gasteiger partial charge in [-0.25, -0.2) is 0 Å². The molecule has 0 bridgehead atoms. The number of pyridine rings is 1. The van der Waals surface area contributed by atoms with Gasteiger partial charge in [0.2, 0.25) is 0 Å². The van der Waals surface area contributed by atoms with E-state index >= 15 is 0 Å². The van der Waals surface area contributed by atoms with E-state index in [4.69, 9.17) is 0 Å². The lowest BCUT2D eigenvalue weighted by molar-refractivity contribution is 1.33. The van der Waals surface area contributed by atoms with E-state index in [2.05, 4.69) is 29.2 Å². The van der Waals surface area contributed by atoms with E-state index in [1.807, 2.05) is 60.7 Å². The maximum Gasteiger partial charge on any atom is 0.195 e. The largest absolute Gasteiger partial charge is 0.289 e. The maximum atomic E-state index is 13.0. The molecule has 0 radical (unpaired) electrons. The van der Waals surface area contributed by atoms with Gasteiger partial charge in [-0.2, -0.15) is 0 Å². The van der Waals surface area contributed by atoms with Crippen LogP contribution in [0.4, 0.5) is 0 Å². The first kappa shape index (κ1) is 15.9. The van der Waals surface area contributed by atoms with Gasteiger partial charge in [-0.15, -0.1) is 11.3 Å². The van der Waals surface area contributed by atoms with Crippen molar-refractivity contribution in [2.75, 3.05) is 0 Å². The van der Waals surface area contributed by atoms with Crippen LogP contribution in [0.15, 0.2) is 95.9 Å². The van der Waals surface area contributed by atoms with E-state index in [0.29, 0.717) is 0 Å². The minimum Gasteiger partial charge on any atom is -0.289 e. The number of hydrogen-bond donors (Lipinski definition) is 0. The lowest BCUT2D eigenvalue weighted by Gasteiger charge is -2.10. The van der Waals surface area contributed by atoms with Crippen molar-refractivity contribution in [2.24, 2.45) is 0 Å². The van der Waals surface area contributed by atoms with Crippen LogP contribution < -0.4 is 5.43 Å². The molecule has 0 spiro atoms. The zero-order valence-corrected chi connectivity index (χ0v) is 15.2. The van der Waals surface area contributed by atoms with Crippen molar-refractivity contribution in [3.05, 3.63) is 101 Å². The highest BCUT2D eigenvalue weighted by atomic mass is 32.1. The first-order valence-electron chi connectivity index (χ1n) is 8.78. The average Bonchev–Trinajstić information content (AvgIpc) is 2.74. The van der Waals surface area contributed by atoms with Crippen molar-refractivity contribution < 1.29 is 0 Å². The van der Waals surface area contributed by atoms with Crippen LogP contribution in [-0.4, -0.2) is 4.98 Å². The molecular weight excluding hydrogens is 350 g/mol. The molecular formula is C24H15NOS. The normalized spacial score (nSPS) is 11.1. The molecule has 128 valence electrons. The van der Waals surface area contributed by atoms with Gasteiger partial charge in [-0.3, -0.25) is 9.78 Å². The first-order chi connectivity index (χ1) is 13.3. The third kappa shape index (κ3) is 2.73. The zero-order valence-electron chi connectivity index (χ0n) is 14.4. The maximum absolute atomic E-state index is 13.0. The fourth-order valence-electron chi connectivity index (χ4n) is 3.45. The zero-order chi connectivity index (χ0) is 18.2. The van der Waals surface area contributed by atoms with Crippen LogP contribution in [0, 0.1) is 0 Å². The van der Waals surface area contributed by atoms with Gasteiger partial charge in [-0.1, -0.05) is 48.5 Å². The monoisotopic (exact) mass is 365 g/mol. The molecule has 5 aromatic rings. The van der Waals surface area contributed by atoms with Crippen molar-refractivity contribution in [3.63, 3.8) is 0 Å². The molecule has 0 unspecified atom stereocenters. The summed E-state index contributed by atoms with van der Waals surface area (Å²) in [7, 11) is 0. The van der Waals surface area contributed by atoms with Crippen molar-refractivity contribution in [2.45, 2.75) is 0 Å². The molecule has 0 aliphatic carbocycles. The van der Waals surface area contributed by atoms with Crippen molar-refractivity contribution in [1.29, 1.82) is 0 Å². The summed E-state index contributed by atoms with van der Waals surface area (Å²) < 4.78 is 2.04. The average molecular weight is 365 g/mol. The highest BCUT2D eigenvalue weighted by Crippen LogP contribution is 2.33. The van der Waals surface area contributed by atoms with Crippen molar-refractivity contribution in [3.8, 4) is 22.4 Å². The van der Waals surface area contributed by atoms with Crippen molar-refractivity contribution in [1.82, 2.24) is 4.98 Å². The Kier molecular flexibility index (Phi) is 3.80. The molecule has 0 saturated carbocycles. The molecule has 0 fully saturated rings. The van der Waals surface area contributed by atoms with Crippen LogP contribution in [-0.2, 0) is 0 Å². The molecule has 2 heterocycles. The van der Waals surface area contributed by atoms with Gasteiger partial charge in [0.15, 0.2) is 5.43 Å². The molecule has 27 heavy (non-hydrogen) atoms. The highest BCUT2D eigenvalue weighted by Gasteiger charge is 2.11. The molecule has 2 nitrogen and oxygen atoms in total.